The van der Waals surface area contributed by atoms with Gasteiger partial charge >= 0.3 is 5.97 Å². The molecule has 2 heterocycles. The van der Waals surface area contributed by atoms with Crippen molar-refractivity contribution in [2.24, 2.45) is 0 Å². The lowest BCUT2D eigenvalue weighted by atomic mass is 10.3. The second-order valence-corrected chi connectivity index (χ2v) is 2.85. The van der Waals surface area contributed by atoms with Crippen LogP contribution in [-0.2, 0) is 6.61 Å². The molecule has 0 amide bonds. The van der Waals surface area contributed by atoms with Crippen LogP contribution >= 0.6 is 0 Å². The number of nitrogens with zero attached hydrogens (tertiary/aromatic N) is 2. The van der Waals surface area contributed by atoms with E-state index in [4.69, 9.17) is 10.2 Å². The average Bonchev–Trinajstić information content (AvgIpc) is 2.59. The molecule has 72 valence electrons. The summed E-state index contributed by atoms with van der Waals surface area (Å²) in [5.74, 6) is -1.04. The normalized spacial score (nSPS) is 10.6. The van der Waals surface area contributed by atoms with Crippen molar-refractivity contribution in [2.75, 3.05) is 0 Å². The van der Waals surface area contributed by atoms with Gasteiger partial charge in [0.25, 0.3) is 0 Å². The third-order valence-electron chi connectivity index (χ3n) is 1.92. The maximum atomic E-state index is 10.8. The summed E-state index contributed by atoms with van der Waals surface area (Å²) < 4.78 is 1.30. The fourth-order valence-corrected chi connectivity index (χ4v) is 1.31. The van der Waals surface area contributed by atoms with E-state index < -0.39 is 5.97 Å². The van der Waals surface area contributed by atoms with Crippen LogP contribution in [0.25, 0.3) is 5.52 Å². The van der Waals surface area contributed by atoms with E-state index >= 15 is 0 Å². The average molecular weight is 192 g/mol. The predicted octanol–water partition coefficient (Wildman–Crippen LogP) is 0.525. The summed E-state index contributed by atoms with van der Waals surface area (Å²) in [5.41, 5.74) is 1.20. The zero-order valence-electron chi connectivity index (χ0n) is 7.21. The lowest BCUT2D eigenvalue weighted by Crippen LogP contribution is -2.05. The number of hydrogen-bond acceptors (Lipinski definition) is 3. The summed E-state index contributed by atoms with van der Waals surface area (Å²) in [6.45, 7) is -0.194. The van der Waals surface area contributed by atoms with Crippen molar-refractivity contribution >= 4 is 11.5 Å². The van der Waals surface area contributed by atoms with Crippen molar-refractivity contribution in [3.63, 3.8) is 0 Å². The van der Waals surface area contributed by atoms with Crippen molar-refractivity contribution in [2.45, 2.75) is 6.61 Å². The van der Waals surface area contributed by atoms with Crippen molar-refractivity contribution in [3.8, 4) is 0 Å². The van der Waals surface area contributed by atoms with Crippen LogP contribution < -0.4 is 0 Å². The largest absolute Gasteiger partial charge is 0.477 e. The molecule has 2 aromatic heterocycles. The van der Waals surface area contributed by atoms with Gasteiger partial charge in [-0.1, -0.05) is 6.07 Å². The van der Waals surface area contributed by atoms with Crippen molar-refractivity contribution < 1.29 is 15.0 Å². The number of fused-ring (bicyclic) bond motifs is 1. The second kappa shape index (κ2) is 3.12. The molecule has 0 saturated heterocycles. The number of aromatic nitrogens is 2. The Morgan fingerprint density at radius 2 is 2.29 bits per heavy atom. The molecule has 2 aromatic rings. The first-order chi connectivity index (χ1) is 6.72. The van der Waals surface area contributed by atoms with E-state index in [0.717, 1.165) is 0 Å². The minimum atomic E-state index is -1.04. The third-order valence-corrected chi connectivity index (χ3v) is 1.92. The van der Waals surface area contributed by atoms with Gasteiger partial charge in [-0.3, -0.25) is 0 Å². The number of carboxylic acids is 1. The molecular formula is C9H8N2O3. The zero-order chi connectivity index (χ0) is 10.1. The third kappa shape index (κ3) is 1.23. The van der Waals surface area contributed by atoms with Gasteiger partial charge < -0.3 is 10.2 Å². The first kappa shape index (κ1) is 8.71. The van der Waals surface area contributed by atoms with Gasteiger partial charge in [0.15, 0.2) is 0 Å². The van der Waals surface area contributed by atoms with Gasteiger partial charge in [0.2, 0.25) is 0 Å². The monoisotopic (exact) mass is 192 g/mol. The van der Waals surface area contributed by atoms with Gasteiger partial charge in [-0.15, -0.1) is 0 Å². The molecule has 2 N–H and O–H groups in total. The number of aliphatic hydroxyl groups excluding tert-OH is 1. The van der Waals surface area contributed by atoms with Crippen LogP contribution in [0.1, 0.15) is 16.2 Å². The van der Waals surface area contributed by atoms with Gasteiger partial charge in [-0.25, -0.2) is 9.31 Å². The quantitative estimate of drug-likeness (QED) is 0.727. The molecule has 0 fully saturated rings. The summed E-state index contributed by atoms with van der Waals surface area (Å²) in [6.07, 6.45) is 0. The summed E-state index contributed by atoms with van der Waals surface area (Å²) in [7, 11) is 0. The number of hydrogen-bond donors (Lipinski definition) is 2. The number of rotatable bonds is 2. The highest BCUT2D eigenvalue weighted by molar-refractivity contribution is 5.86. The molecule has 0 aliphatic rings. The first-order valence-corrected chi connectivity index (χ1v) is 4.04. The lowest BCUT2D eigenvalue weighted by Gasteiger charge is -1.97. The van der Waals surface area contributed by atoms with Crippen LogP contribution in [0.5, 0.6) is 0 Å². The van der Waals surface area contributed by atoms with E-state index in [0.29, 0.717) is 11.2 Å². The van der Waals surface area contributed by atoms with Crippen LogP contribution in [0.2, 0.25) is 0 Å². The Hall–Kier alpha value is -1.88. The molecule has 0 spiro atoms. The molecule has 2 rings (SSSR count). The standard InChI is InChI=1S/C9H8N2O3/c12-5-6-4-7-2-1-3-8(9(13)14)11(7)10-6/h1-4,12H,5H2,(H,13,14). The maximum Gasteiger partial charge on any atom is 0.354 e. The van der Waals surface area contributed by atoms with Gasteiger partial charge in [0.05, 0.1) is 17.8 Å². The lowest BCUT2D eigenvalue weighted by molar-refractivity contribution is 0.0687. The molecule has 0 unspecified atom stereocenters. The minimum absolute atomic E-state index is 0.0854. The van der Waals surface area contributed by atoms with E-state index in [2.05, 4.69) is 5.10 Å². The first-order valence-electron chi connectivity index (χ1n) is 4.04. The van der Waals surface area contributed by atoms with Gasteiger partial charge in [0.1, 0.15) is 5.69 Å². The SMILES string of the molecule is O=C(O)c1cccc2cc(CO)nn12. The highest BCUT2D eigenvalue weighted by Crippen LogP contribution is 2.09. The van der Waals surface area contributed by atoms with Gasteiger partial charge in [0, 0.05) is 0 Å². The van der Waals surface area contributed by atoms with Crippen LogP contribution in [0, 0.1) is 0 Å². The Kier molecular flexibility index (Phi) is 1.94. The van der Waals surface area contributed by atoms with Crippen LogP contribution in [0.4, 0.5) is 0 Å². The summed E-state index contributed by atoms with van der Waals surface area (Å²) in [5, 5.41) is 21.6. The fraction of sp³-hybridized carbons (Fsp3) is 0.111. The number of carbonyl (C=O) groups is 1. The molecule has 0 aromatic carbocycles. The smallest absolute Gasteiger partial charge is 0.354 e. The number of carboxylic acid groups (broad SMARTS) is 1. The highest BCUT2D eigenvalue weighted by Gasteiger charge is 2.09. The number of aliphatic hydroxyl groups is 1. The van der Waals surface area contributed by atoms with Crippen molar-refractivity contribution in [3.05, 3.63) is 35.7 Å². The van der Waals surface area contributed by atoms with E-state index in [1.807, 2.05) is 0 Å². The van der Waals surface area contributed by atoms with Crippen LogP contribution in [-0.4, -0.2) is 25.8 Å². The number of pyridine rings is 1. The Morgan fingerprint density at radius 3 is 2.93 bits per heavy atom. The summed E-state index contributed by atoms with van der Waals surface area (Å²) in [4.78, 5) is 10.8. The zero-order valence-corrected chi connectivity index (χ0v) is 7.21. The van der Waals surface area contributed by atoms with E-state index in [1.165, 1.54) is 10.6 Å². The molecule has 0 radical (unpaired) electrons. The van der Waals surface area contributed by atoms with Crippen molar-refractivity contribution in [1.29, 1.82) is 0 Å². The Balaban J connectivity index is 2.73. The molecular weight excluding hydrogens is 184 g/mol. The molecule has 0 aliphatic heterocycles. The molecule has 0 saturated carbocycles. The van der Waals surface area contributed by atoms with Gasteiger partial charge in [-0.2, -0.15) is 5.10 Å². The number of aromatic carboxylic acids is 1. The predicted molar refractivity (Wildman–Crippen MR) is 48.1 cm³/mol. The molecule has 5 heteroatoms. The van der Waals surface area contributed by atoms with E-state index in [-0.39, 0.29) is 12.3 Å². The van der Waals surface area contributed by atoms with E-state index in [9.17, 15) is 4.79 Å². The molecule has 0 aliphatic carbocycles. The molecule has 0 atom stereocenters. The molecule has 14 heavy (non-hydrogen) atoms. The Morgan fingerprint density at radius 1 is 1.50 bits per heavy atom. The minimum Gasteiger partial charge on any atom is -0.477 e. The van der Waals surface area contributed by atoms with Crippen molar-refractivity contribution in [1.82, 2.24) is 9.61 Å². The summed E-state index contributed by atoms with van der Waals surface area (Å²) >= 11 is 0. The fourth-order valence-electron chi connectivity index (χ4n) is 1.31. The Labute approximate surface area is 79.2 Å². The van der Waals surface area contributed by atoms with E-state index in [1.54, 1.807) is 18.2 Å². The maximum absolute atomic E-state index is 10.8. The summed E-state index contributed by atoms with van der Waals surface area (Å²) in [6, 6.07) is 6.48. The molecule has 5 nitrogen and oxygen atoms in total. The van der Waals surface area contributed by atoms with Crippen LogP contribution in [0.15, 0.2) is 24.3 Å². The molecule has 0 bridgehead atoms. The van der Waals surface area contributed by atoms with Crippen LogP contribution in [0.3, 0.4) is 0 Å². The second-order valence-electron chi connectivity index (χ2n) is 2.85. The topological polar surface area (TPSA) is 74.8 Å². The Bertz CT molecular complexity index is 490. The highest BCUT2D eigenvalue weighted by atomic mass is 16.4. The van der Waals surface area contributed by atoms with Gasteiger partial charge in [-0.05, 0) is 18.2 Å².